The fourth-order valence-electron chi connectivity index (χ4n) is 18.1. The predicted molar refractivity (Wildman–Crippen MR) is 534 cm³/mol. The van der Waals surface area contributed by atoms with Gasteiger partial charge in [0.25, 0.3) is 35.4 Å². The van der Waals surface area contributed by atoms with E-state index in [9.17, 15) is 38.4 Å². The number of rotatable bonds is 42. The van der Waals surface area contributed by atoms with Crippen molar-refractivity contribution in [3.8, 4) is 22.5 Å². The molecule has 720 valence electrons. The van der Waals surface area contributed by atoms with Gasteiger partial charge in [-0.3, -0.25) is 48.3 Å². The van der Waals surface area contributed by atoms with Crippen LogP contribution in [0.25, 0.3) is 44.3 Å². The van der Waals surface area contributed by atoms with Crippen molar-refractivity contribution in [1.82, 2.24) is 40.4 Å². The van der Waals surface area contributed by atoms with E-state index < -0.39 is 11.6 Å². The smallest absolute Gasteiger partial charge is 0.308 e. The van der Waals surface area contributed by atoms with Crippen LogP contribution in [-0.2, 0) is 68.7 Å². The van der Waals surface area contributed by atoms with Crippen molar-refractivity contribution in [2.75, 3.05) is 139 Å². The van der Waals surface area contributed by atoms with Crippen molar-refractivity contribution in [2.45, 2.75) is 141 Å². The number of nitrogens with zero attached hydrogens (tertiary/aromatic N) is 6. The Morgan fingerprint density at radius 3 is 1.23 bits per heavy atom. The number of hydrogen-bond acceptors (Lipinski definition) is 19. The molecule has 0 unspecified atom stereocenters. The molecule has 6 heterocycles. The van der Waals surface area contributed by atoms with Gasteiger partial charge in [0, 0.05) is 155 Å². The standard InChI is InChI=1S/C57H66N6O8.C53H58N6O8/c1-57(2,3)71-53(64)24-30-68-32-34-70-35-33-69-31-26-59-56(67)47-17-11-19-52-46(47)23-29-63(52)39-40-12-9-15-42(36-40)54(65)61-50-21-20-44(62-27-7-4-8-28-62)38-48(50)51-37-43(22-25-58-51)55(66)60-49-18-10-14-41-13-5-6-16-45(41)49;60-50(61)21-27-65-29-31-67-32-30-66-28-23-55-53(64)44-14-8-16-49-43(44)20-26-59(49)36-37-9-6-12-39(33-37)51(62)57-47-18-17-41(58-24-4-1-5-25-58)35-45(47)48-34-40(19-22-54-48)52(63)56-46-15-7-11-38-10-2-3-13-42(38)46/h5-6,9,11-13,15-17,19-23,25,29,36-38,49H,4,7-8,10,14,18,24,26-28,30-35,39H2,1-3H3,(H,59,67)(H,60,66)(H,61,65);2-3,6,8-10,12-14,16-20,22,26,33-35,46H,1,4-5,7,11,15,21,23-25,27-32,36H2,(H,55,64)(H,56,63)(H,57,62)(H,60,61)/t49-;46-/m00/s1. The van der Waals surface area contributed by atoms with Crippen molar-refractivity contribution in [3.05, 3.63) is 298 Å². The Labute approximate surface area is 805 Å². The quantitative estimate of drug-likeness (QED) is 0.0138. The minimum atomic E-state index is -0.901. The lowest BCUT2D eigenvalue weighted by molar-refractivity contribution is -0.156. The Morgan fingerprint density at radius 2 is 0.797 bits per heavy atom. The summed E-state index contributed by atoms with van der Waals surface area (Å²) >= 11 is 0. The fraction of sp³-hybridized carbons (Fsp3) is 0.364. The molecule has 28 nitrogen and oxygen atoms in total. The highest BCUT2D eigenvalue weighted by Crippen LogP contribution is 2.38. The first kappa shape index (κ1) is 98.8. The van der Waals surface area contributed by atoms with Crippen LogP contribution in [0.5, 0.6) is 0 Å². The topological polar surface area (TPSA) is 336 Å². The van der Waals surface area contributed by atoms with Gasteiger partial charge in [-0.2, -0.15) is 0 Å². The summed E-state index contributed by atoms with van der Waals surface area (Å²) in [5.74, 6) is -2.46. The monoisotopic (exact) mass is 1870 g/mol. The maximum atomic E-state index is 14.1. The summed E-state index contributed by atoms with van der Waals surface area (Å²) in [6, 6.07) is 66.0. The number of nitrogens with one attached hydrogen (secondary N) is 6. The fourth-order valence-corrected chi connectivity index (χ4v) is 18.1. The molecule has 16 rings (SSSR count). The Hall–Kier alpha value is -13.7. The van der Waals surface area contributed by atoms with Crippen LogP contribution >= 0.6 is 0 Å². The minimum Gasteiger partial charge on any atom is -0.481 e. The lowest BCUT2D eigenvalue weighted by Crippen LogP contribution is -2.31. The van der Waals surface area contributed by atoms with Crippen LogP contribution in [0.3, 0.4) is 0 Å². The first-order valence-electron chi connectivity index (χ1n) is 48.2. The molecule has 4 aromatic heterocycles. The molecular weight excluding hydrogens is 1750 g/mol. The first-order valence-corrected chi connectivity index (χ1v) is 48.2. The van der Waals surface area contributed by atoms with E-state index in [4.69, 9.17) is 48.2 Å². The summed E-state index contributed by atoms with van der Waals surface area (Å²) < 4.78 is 42.2. The van der Waals surface area contributed by atoms with Crippen molar-refractivity contribution >= 4 is 91.9 Å². The van der Waals surface area contributed by atoms with Gasteiger partial charge in [0.15, 0.2) is 0 Å². The molecule has 2 atom stereocenters. The lowest BCUT2D eigenvalue weighted by Gasteiger charge is -2.29. The molecule has 7 N–H and O–H groups in total. The van der Waals surface area contributed by atoms with Crippen LogP contribution in [0.1, 0.15) is 205 Å². The van der Waals surface area contributed by atoms with E-state index in [2.05, 4.69) is 93.3 Å². The summed E-state index contributed by atoms with van der Waals surface area (Å²) in [6.45, 7) is 14.8. The van der Waals surface area contributed by atoms with E-state index in [1.54, 1.807) is 42.7 Å². The number of carboxylic acids is 1. The van der Waals surface area contributed by atoms with Crippen LogP contribution in [0.15, 0.2) is 231 Å². The number of anilines is 4. The molecule has 12 aromatic rings. The number of ether oxygens (including phenoxy) is 7. The Morgan fingerprint density at radius 1 is 0.391 bits per heavy atom. The number of aromatic nitrogens is 4. The number of fused-ring (bicyclic) bond motifs is 4. The van der Waals surface area contributed by atoms with Gasteiger partial charge in [0.2, 0.25) is 0 Å². The van der Waals surface area contributed by atoms with Crippen molar-refractivity contribution in [2.24, 2.45) is 0 Å². The molecule has 4 aliphatic rings. The molecule has 8 aromatic carbocycles. The number of aryl methyl sites for hydroxylation is 2. The van der Waals surface area contributed by atoms with E-state index in [0.717, 1.165) is 146 Å². The number of hydrogen-bond donors (Lipinski definition) is 7. The van der Waals surface area contributed by atoms with Gasteiger partial charge in [0.1, 0.15) is 5.60 Å². The molecule has 6 amide bonds. The Bertz CT molecular complexity index is 6210. The number of piperidine rings is 2. The zero-order valence-electron chi connectivity index (χ0n) is 78.9. The molecule has 0 bridgehead atoms. The second-order valence-corrected chi connectivity index (χ2v) is 36.0. The van der Waals surface area contributed by atoms with Gasteiger partial charge in [-0.05, 0) is 253 Å². The normalized spacial score (nSPS) is 14.7. The molecule has 2 aliphatic carbocycles. The number of aliphatic carboxylic acids is 1. The molecular formula is C110H124N12O16. The third-order valence-electron chi connectivity index (χ3n) is 25.0. The van der Waals surface area contributed by atoms with Gasteiger partial charge in [-0.1, -0.05) is 84.9 Å². The molecule has 0 spiro atoms. The Kier molecular flexibility index (Phi) is 35.3. The SMILES string of the molecule is CC(C)(C)OC(=O)CCOCCOCCOCCNC(=O)c1cccc2c1ccn2Cc1cccc(C(=O)Nc2ccc(N3CCCCC3)cc2-c2cc(C(=O)N[C@H]3CCCc4ccccc43)ccn2)c1.O=C(O)CCOCCOCCOCCNC(=O)c1cccc2c1ccn2Cc1cccc(C(=O)Nc2ccc(N3CCCCC3)cc2-c2cc(C(=O)N[C@H]3CCCc4ccccc43)ccn2)c1. The highest BCUT2D eigenvalue weighted by molar-refractivity contribution is 6.10. The summed E-state index contributed by atoms with van der Waals surface area (Å²) in [4.78, 5) is 119. The van der Waals surface area contributed by atoms with Crippen LogP contribution in [-0.4, -0.2) is 196 Å². The maximum absolute atomic E-state index is 14.1. The number of amides is 6. The van der Waals surface area contributed by atoms with E-state index in [1.807, 2.05) is 167 Å². The third kappa shape index (κ3) is 27.6. The summed E-state index contributed by atoms with van der Waals surface area (Å²) in [5.41, 5.74) is 17.1. The number of esters is 1. The van der Waals surface area contributed by atoms with Gasteiger partial charge < -0.3 is 89.1 Å². The third-order valence-corrected chi connectivity index (χ3v) is 25.0. The molecule has 0 radical (unpaired) electrons. The van der Waals surface area contributed by atoms with Gasteiger partial charge >= 0.3 is 11.9 Å². The largest absolute Gasteiger partial charge is 0.481 e. The molecule has 28 heteroatoms. The van der Waals surface area contributed by atoms with Gasteiger partial charge in [-0.25, -0.2) is 0 Å². The van der Waals surface area contributed by atoms with E-state index in [1.165, 1.54) is 35.1 Å². The predicted octanol–water partition coefficient (Wildman–Crippen LogP) is 17.4. The minimum absolute atomic E-state index is 0.0404. The zero-order chi connectivity index (χ0) is 96.0. The van der Waals surface area contributed by atoms with Crippen LogP contribution in [0.4, 0.5) is 22.7 Å². The second-order valence-electron chi connectivity index (χ2n) is 36.0. The molecule has 2 saturated heterocycles. The first-order chi connectivity index (χ1) is 67.3. The number of carbonyl (C=O) groups excluding carboxylic acids is 7. The number of benzene rings is 8. The van der Waals surface area contributed by atoms with Gasteiger partial charge in [0.05, 0.1) is 127 Å². The number of pyridine rings is 2. The van der Waals surface area contributed by atoms with Crippen LogP contribution < -0.4 is 41.7 Å². The summed E-state index contributed by atoms with van der Waals surface area (Å²) in [7, 11) is 0. The van der Waals surface area contributed by atoms with Crippen molar-refractivity contribution in [1.29, 1.82) is 0 Å². The summed E-state index contributed by atoms with van der Waals surface area (Å²) in [5, 5.41) is 29.1. The summed E-state index contributed by atoms with van der Waals surface area (Å²) in [6.07, 6.45) is 20.1. The van der Waals surface area contributed by atoms with Crippen LogP contribution in [0, 0.1) is 0 Å². The molecule has 0 saturated carbocycles. The zero-order valence-corrected chi connectivity index (χ0v) is 78.9. The Balaban J connectivity index is 0.000000210. The van der Waals surface area contributed by atoms with Crippen LogP contribution in [0.2, 0.25) is 0 Å². The van der Waals surface area contributed by atoms with Crippen molar-refractivity contribution < 1.29 is 76.6 Å². The van der Waals surface area contributed by atoms with E-state index >= 15 is 0 Å². The average Bonchev–Trinajstić information content (AvgIpc) is 1.49. The maximum Gasteiger partial charge on any atom is 0.308 e. The number of carbonyl (C=O) groups is 8. The molecule has 2 aliphatic heterocycles. The molecule has 138 heavy (non-hydrogen) atoms. The highest BCUT2D eigenvalue weighted by Gasteiger charge is 2.28. The highest BCUT2D eigenvalue weighted by atomic mass is 16.6. The van der Waals surface area contributed by atoms with E-state index in [0.29, 0.717) is 148 Å². The van der Waals surface area contributed by atoms with E-state index in [-0.39, 0.29) is 79.6 Å². The average molecular weight is 1870 g/mol. The van der Waals surface area contributed by atoms with Crippen molar-refractivity contribution in [3.63, 3.8) is 0 Å². The number of carboxylic acid groups (broad SMARTS) is 1. The second kappa shape index (κ2) is 49.3. The lowest BCUT2D eigenvalue weighted by atomic mass is 9.87. The van der Waals surface area contributed by atoms with Gasteiger partial charge in [-0.15, -0.1) is 0 Å². The molecule has 2 fully saturated rings.